The van der Waals surface area contributed by atoms with Crippen molar-refractivity contribution < 1.29 is 13.9 Å². The number of aromatic amines is 1. The van der Waals surface area contributed by atoms with Gasteiger partial charge in [-0.15, -0.1) is 5.10 Å². The summed E-state index contributed by atoms with van der Waals surface area (Å²) >= 11 is 0. The van der Waals surface area contributed by atoms with E-state index in [1.54, 1.807) is 25.0 Å². The van der Waals surface area contributed by atoms with E-state index in [9.17, 15) is 0 Å². The van der Waals surface area contributed by atoms with Crippen LogP contribution in [0.2, 0.25) is 0 Å². The normalized spacial score (nSPS) is 13.6. The Balaban J connectivity index is 1.18. The molecule has 0 aliphatic carbocycles. The van der Waals surface area contributed by atoms with Crippen molar-refractivity contribution in [1.29, 1.82) is 0 Å². The molecule has 0 saturated carbocycles. The summed E-state index contributed by atoms with van der Waals surface area (Å²) in [6, 6.07) is 18.1. The summed E-state index contributed by atoms with van der Waals surface area (Å²) in [5.41, 5.74) is 6.67. The zero-order valence-electron chi connectivity index (χ0n) is 22.3. The summed E-state index contributed by atoms with van der Waals surface area (Å²) in [6.07, 6.45) is 4.52. The van der Waals surface area contributed by atoms with E-state index >= 15 is 0 Å². The van der Waals surface area contributed by atoms with Crippen molar-refractivity contribution in [3.8, 4) is 23.1 Å². The Kier molecular flexibility index (Phi) is 6.09. The Labute approximate surface area is 230 Å². The molecular weight excluding hydrogens is 506 g/mol. The van der Waals surface area contributed by atoms with Crippen molar-refractivity contribution >= 4 is 22.5 Å². The van der Waals surface area contributed by atoms with Gasteiger partial charge in [0.25, 0.3) is 0 Å². The number of methoxy groups -OCH3 is 2. The molecule has 0 atom stereocenters. The number of hydrogen-bond donors (Lipinski definition) is 2. The van der Waals surface area contributed by atoms with E-state index in [0.717, 1.165) is 36.3 Å². The van der Waals surface area contributed by atoms with E-state index in [2.05, 4.69) is 39.5 Å². The summed E-state index contributed by atoms with van der Waals surface area (Å²) in [7, 11) is 3.26. The minimum absolute atomic E-state index is 0.518. The number of rotatable bonds is 8. The lowest BCUT2D eigenvalue weighted by Crippen LogP contribution is -2.30. The molecule has 40 heavy (non-hydrogen) atoms. The third kappa shape index (κ3) is 4.32. The first-order valence-electron chi connectivity index (χ1n) is 13.2. The maximum atomic E-state index is 5.60. The van der Waals surface area contributed by atoms with Gasteiger partial charge in [-0.25, -0.2) is 9.97 Å². The second-order valence-electron chi connectivity index (χ2n) is 9.89. The monoisotopic (exact) mass is 535 g/mol. The number of benzene rings is 2. The number of H-pyrrole nitrogens is 1. The molecule has 1 aliphatic heterocycles. The Morgan fingerprint density at radius 3 is 2.80 bits per heavy atom. The van der Waals surface area contributed by atoms with Gasteiger partial charge in [-0.3, -0.25) is 4.90 Å². The minimum Gasteiger partial charge on any atom is -0.493 e. The third-order valence-electron chi connectivity index (χ3n) is 7.43. The van der Waals surface area contributed by atoms with Crippen LogP contribution in [0.25, 0.3) is 28.1 Å². The molecule has 0 spiro atoms. The molecule has 0 radical (unpaired) electrons. The number of nitrogens with one attached hydrogen (secondary N) is 2. The molecule has 4 aromatic heterocycles. The highest BCUT2D eigenvalue weighted by Crippen LogP contribution is 2.30. The van der Waals surface area contributed by atoms with Gasteiger partial charge >= 0.3 is 0 Å². The molecule has 1 aliphatic rings. The largest absolute Gasteiger partial charge is 0.493 e. The highest BCUT2D eigenvalue weighted by atomic mass is 16.5. The Bertz CT molecular complexity index is 1810. The van der Waals surface area contributed by atoms with Gasteiger partial charge in [0.1, 0.15) is 0 Å². The van der Waals surface area contributed by atoms with E-state index in [0.29, 0.717) is 42.1 Å². The predicted molar refractivity (Wildman–Crippen MR) is 151 cm³/mol. The van der Waals surface area contributed by atoms with E-state index in [4.69, 9.17) is 29.0 Å². The molecule has 7 rings (SSSR count). The van der Waals surface area contributed by atoms with Crippen LogP contribution in [0.3, 0.4) is 0 Å². The van der Waals surface area contributed by atoms with Crippen molar-refractivity contribution in [2.45, 2.75) is 26.1 Å². The van der Waals surface area contributed by atoms with Crippen LogP contribution in [-0.2, 0) is 26.1 Å². The molecule has 0 unspecified atom stereocenters. The van der Waals surface area contributed by atoms with Crippen LogP contribution in [0.1, 0.15) is 22.4 Å². The Morgan fingerprint density at radius 2 is 1.95 bits per heavy atom. The lowest BCUT2D eigenvalue weighted by molar-refractivity contribution is 0.243. The average Bonchev–Trinajstić information content (AvgIpc) is 3.75. The number of ether oxygens (including phenoxy) is 2. The molecule has 0 saturated heterocycles. The van der Waals surface area contributed by atoms with E-state index in [1.165, 1.54) is 22.2 Å². The highest BCUT2D eigenvalue weighted by molar-refractivity contribution is 5.84. The van der Waals surface area contributed by atoms with Gasteiger partial charge in [0, 0.05) is 54.5 Å². The molecule has 202 valence electrons. The molecule has 10 heteroatoms. The van der Waals surface area contributed by atoms with Crippen LogP contribution >= 0.6 is 0 Å². The van der Waals surface area contributed by atoms with Crippen molar-refractivity contribution in [2.75, 3.05) is 26.1 Å². The molecule has 2 N–H and O–H groups in total. The van der Waals surface area contributed by atoms with Crippen LogP contribution < -0.4 is 14.8 Å². The average molecular weight is 536 g/mol. The molecule has 0 amide bonds. The van der Waals surface area contributed by atoms with Crippen molar-refractivity contribution in [1.82, 2.24) is 29.5 Å². The van der Waals surface area contributed by atoms with Gasteiger partial charge in [0.05, 0.1) is 20.5 Å². The molecule has 6 aromatic rings. The van der Waals surface area contributed by atoms with E-state index < -0.39 is 0 Å². The fraction of sp³-hybridized carbons (Fsp3) is 0.233. The lowest BCUT2D eigenvalue weighted by atomic mass is 10.0. The number of nitrogens with zero attached hydrogens (tertiary/aromatic N) is 5. The predicted octanol–water partition coefficient (Wildman–Crippen LogP) is 5.05. The lowest BCUT2D eigenvalue weighted by Gasteiger charge is -2.27. The van der Waals surface area contributed by atoms with E-state index in [1.807, 2.05) is 36.5 Å². The third-order valence-corrected chi connectivity index (χ3v) is 7.43. The standard InChI is InChI=1S/C30H29N7O3/c1-38-25-10-9-19(14-27(25)39-2)15-31-30-32-16-20(29-34-28(35-37(29)30)26-8-5-13-40-26)17-36-12-11-22-21-6-3-4-7-23(21)33-24(22)18-36/h3-10,13-14,16,33H,11-12,15,17-18H2,1-2H3,(H,31,32). The molecule has 0 fully saturated rings. The summed E-state index contributed by atoms with van der Waals surface area (Å²) < 4.78 is 18.2. The number of furan rings is 1. The smallest absolute Gasteiger partial charge is 0.226 e. The first-order valence-corrected chi connectivity index (χ1v) is 13.2. The Morgan fingerprint density at radius 1 is 1.05 bits per heavy atom. The van der Waals surface area contributed by atoms with Gasteiger partial charge in [0.2, 0.25) is 11.8 Å². The van der Waals surface area contributed by atoms with Crippen LogP contribution in [0, 0.1) is 0 Å². The van der Waals surface area contributed by atoms with E-state index in [-0.39, 0.29) is 0 Å². The number of hydrogen-bond acceptors (Lipinski definition) is 8. The molecule has 0 bridgehead atoms. The molecule has 10 nitrogen and oxygen atoms in total. The highest BCUT2D eigenvalue weighted by Gasteiger charge is 2.23. The fourth-order valence-corrected chi connectivity index (χ4v) is 5.46. The number of anilines is 1. The fourth-order valence-electron chi connectivity index (χ4n) is 5.46. The summed E-state index contributed by atoms with van der Waals surface area (Å²) in [6.45, 7) is 3.03. The SMILES string of the molecule is COc1ccc(CNc2ncc(CN3CCc4c([nH]c5ccccc45)C3)c3nc(-c4ccco4)nn23)cc1OC. The Hall–Kier alpha value is -4.83. The van der Waals surface area contributed by atoms with Gasteiger partial charge in [-0.2, -0.15) is 4.52 Å². The van der Waals surface area contributed by atoms with Gasteiger partial charge in [-0.05, 0) is 47.9 Å². The van der Waals surface area contributed by atoms with Gasteiger partial charge < -0.3 is 24.2 Å². The summed E-state index contributed by atoms with van der Waals surface area (Å²) in [5, 5.41) is 9.50. The zero-order valence-corrected chi connectivity index (χ0v) is 22.3. The van der Waals surface area contributed by atoms with Gasteiger partial charge in [0.15, 0.2) is 22.9 Å². The second kappa shape index (κ2) is 10.0. The van der Waals surface area contributed by atoms with Crippen molar-refractivity contribution in [3.05, 3.63) is 89.4 Å². The van der Waals surface area contributed by atoms with Crippen LogP contribution in [0.15, 0.2) is 71.5 Å². The number of para-hydroxylation sites is 1. The number of aromatic nitrogens is 5. The first kappa shape index (κ1) is 24.2. The van der Waals surface area contributed by atoms with Crippen LogP contribution in [0.4, 0.5) is 5.95 Å². The van der Waals surface area contributed by atoms with Crippen LogP contribution in [-0.4, -0.2) is 50.2 Å². The maximum Gasteiger partial charge on any atom is 0.226 e. The second-order valence-corrected chi connectivity index (χ2v) is 9.89. The molecule has 2 aromatic carbocycles. The molecule has 5 heterocycles. The van der Waals surface area contributed by atoms with Crippen molar-refractivity contribution in [2.24, 2.45) is 0 Å². The molecular formula is C30H29N7O3. The summed E-state index contributed by atoms with van der Waals surface area (Å²) in [4.78, 5) is 15.7. The topological polar surface area (TPSA) is 106 Å². The minimum atomic E-state index is 0.518. The number of fused-ring (bicyclic) bond motifs is 4. The quantitative estimate of drug-likeness (QED) is 0.279. The zero-order chi connectivity index (χ0) is 27.1. The van der Waals surface area contributed by atoms with Crippen molar-refractivity contribution in [3.63, 3.8) is 0 Å². The summed E-state index contributed by atoms with van der Waals surface area (Å²) in [5.74, 6) is 3.09. The van der Waals surface area contributed by atoms with Crippen LogP contribution in [0.5, 0.6) is 11.5 Å². The first-order chi connectivity index (χ1) is 19.7. The maximum absolute atomic E-state index is 5.60. The van der Waals surface area contributed by atoms with Gasteiger partial charge in [-0.1, -0.05) is 24.3 Å².